The third-order valence-electron chi connectivity index (χ3n) is 11.9. The predicted octanol–water partition coefficient (Wildman–Crippen LogP) is 11.8. The van der Waals surface area contributed by atoms with Crippen LogP contribution in [0.25, 0.3) is 0 Å². The van der Waals surface area contributed by atoms with Crippen LogP contribution in [-0.2, 0) is 19.1 Å². The van der Waals surface area contributed by atoms with Gasteiger partial charge in [0.25, 0.3) is 0 Å². The second-order valence-corrected chi connectivity index (χ2v) is 18.0. The lowest BCUT2D eigenvalue weighted by Crippen LogP contribution is -2.33. The smallest absolute Gasteiger partial charge is 0.327 e. The summed E-state index contributed by atoms with van der Waals surface area (Å²) in [4.78, 5) is 29.9. The van der Waals surface area contributed by atoms with E-state index in [1.165, 1.54) is 14.2 Å². The van der Waals surface area contributed by atoms with Crippen molar-refractivity contribution in [2.45, 2.75) is 35.8 Å². The minimum Gasteiger partial charge on any atom is -0.508 e. The number of halogens is 4. The highest BCUT2D eigenvalue weighted by Gasteiger charge is 2.44. The minimum absolute atomic E-state index is 0.0479. The monoisotopic (exact) mass is 998 g/mol. The first-order valence-corrected chi connectivity index (χ1v) is 22.5. The Hall–Kier alpha value is -4.68. The Morgan fingerprint density at radius 3 is 1.18 bits per heavy atom. The van der Waals surface area contributed by atoms with Crippen molar-refractivity contribution in [1.29, 1.82) is 0 Å². The zero-order chi connectivity index (χ0) is 43.9. The van der Waals surface area contributed by atoms with Gasteiger partial charge in [-0.25, -0.2) is 9.59 Å². The summed E-state index contributed by atoms with van der Waals surface area (Å²) in [7, 11) is 2.83. The van der Waals surface area contributed by atoms with Gasteiger partial charge in [-0.15, -0.1) is 0 Å². The highest BCUT2D eigenvalue weighted by molar-refractivity contribution is 9.10. The molecule has 2 saturated heterocycles. The molecule has 0 saturated carbocycles. The van der Waals surface area contributed by atoms with E-state index in [9.17, 15) is 19.8 Å². The Balaban J connectivity index is 0.000000186. The van der Waals surface area contributed by atoms with Crippen LogP contribution in [0.4, 0.5) is 0 Å². The normalized spacial score (nSPS) is 19.8. The summed E-state index contributed by atoms with van der Waals surface area (Å²) in [6, 6.07) is 44.7. The number of benzene rings is 6. The number of hydrogen-bond donors (Lipinski definition) is 2. The van der Waals surface area contributed by atoms with Crippen LogP contribution >= 0.6 is 55.1 Å². The summed E-state index contributed by atoms with van der Waals surface area (Å²) in [6.45, 7) is 2.42. The highest BCUT2D eigenvalue weighted by atomic mass is 79.9. The average Bonchev–Trinajstić information content (AvgIpc) is 3.92. The van der Waals surface area contributed by atoms with Crippen LogP contribution in [0.5, 0.6) is 11.5 Å². The Morgan fingerprint density at radius 2 is 0.839 bits per heavy atom. The number of phenols is 2. The summed E-state index contributed by atoms with van der Waals surface area (Å²) < 4.78 is 12.3. The number of phenolic OH excluding ortho intramolecular Hbond substituents is 2. The number of ether oxygens (including phenoxy) is 2. The van der Waals surface area contributed by atoms with Gasteiger partial charge in [0, 0.05) is 80.0 Å². The van der Waals surface area contributed by atoms with E-state index in [4.69, 9.17) is 32.7 Å². The standard InChI is InChI=1S/2C25H23BrClNO3/c2*1-31-25(30)24(16-7-3-2-4-8-16)28-14-20(18-9-5-6-10-22(18)26)21(15-28)19-13-17(27)11-12-23(19)29/h2*2-13,20-21,24,29H,14-15H2,1H3/t20-,21-,24+;20-,21-,24-/m01/s1. The van der Waals surface area contributed by atoms with Crippen molar-refractivity contribution in [3.63, 3.8) is 0 Å². The van der Waals surface area contributed by atoms with Gasteiger partial charge in [-0.3, -0.25) is 9.80 Å². The van der Waals surface area contributed by atoms with Gasteiger partial charge in [0.1, 0.15) is 23.6 Å². The molecular formula is C50H46Br2Cl2N2O6. The summed E-state index contributed by atoms with van der Waals surface area (Å²) in [5.74, 6) is -0.167. The number of carbonyl (C=O) groups is 2. The minimum atomic E-state index is -0.525. The molecule has 2 N–H and O–H groups in total. The molecule has 320 valence electrons. The number of aromatic hydroxyl groups is 2. The van der Waals surface area contributed by atoms with Crippen LogP contribution in [-0.4, -0.2) is 72.4 Å². The largest absolute Gasteiger partial charge is 0.508 e. The second kappa shape index (κ2) is 20.7. The summed E-state index contributed by atoms with van der Waals surface area (Å²) in [5, 5.41) is 22.4. The van der Waals surface area contributed by atoms with Crippen molar-refractivity contribution >= 4 is 67.0 Å². The Bertz CT molecular complexity index is 2320. The molecule has 0 radical (unpaired) electrons. The third-order valence-corrected chi connectivity index (χ3v) is 13.8. The third kappa shape index (κ3) is 10.1. The van der Waals surface area contributed by atoms with E-state index in [0.717, 1.165) is 42.3 Å². The molecule has 0 unspecified atom stereocenters. The highest BCUT2D eigenvalue weighted by Crippen LogP contribution is 2.49. The van der Waals surface area contributed by atoms with Crippen molar-refractivity contribution in [2.75, 3.05) is 40.4 Å². The van der Waals surface area contributed by atoms with E-state index in [-0.39, 0.29) is 47.1 Å². The molecule has 0 aromatic heterocycles. The lowest BCUT2D eigenvalue weighted by atomic mass is 9.84. The predicted molar refractivity (Wildman–Crippen MR) is 251 cm³/mol. The van der Waals surface area contributed by atoms with Crippen molar-refractivity contribution in [3.05, 3.63) is 198 Å². The van der Waals surface area contributed by atoms with Crippen molar-refractivity contribution in [2.24, 2.45) is 0 Å². The molecule has 6 atom stereocenters. The second-order valence-electron chi connectivity index (χ2n) is 15.5. The summed E-state index contributed by atoms with van der Waals surface area (Å²) in [6.07, 6.45) is 0. The van der Waals surface area contributed by atoms with Crippen molar-refractivity contribution < 1.29 is 29.3 Å². The molecule has 2 heterocycles. The SMILES string of the molecule is COC(=O)[C@@H](c1ccccc1)N1C[C@@H](c2cc(Cl)ccc2O)[C@H](c2ccccc2Br)C1.COC(=O)[C@@H](c1ccccc1)N1C[C@H](c2cc(Cl)ccc2O)[C@@H](c2ccccc2Br)C1. The van der Waals surface area contributed by atoms with Crippen molar-refractivity contribution in [3.8, 4) is 11.5 Å². The van der Waals surface area contributed by atoms with Gasteiger partial charge in [0.2, 0.25) is 0 Å². The van der Waals surface area contributed by atoms with E-state index < -0.39 is 12.1 Å². The topological polar surface area (TPSA) is 99.5 Å². The molecule has 6 aromatic rings. The molecule has 2 aliphatic heterocycles. The molecule has 0 aliphatic carbocycles. The van der Waals surface area contributed by atoms with E-state index >= 15 is 0 Å². The van der Waals surface area contributed by atoms with Crippen LogP contribution in [0.1, 0.15) is 69.1 Å². The van der Waals surface area contributed by atoms with E-state index in [2.05, 4.69) is 53.8 Å². The maximum absolute atomic E-state index is 12.8. The fraction of sp³-hybridized carbons (Fsp3) is 0.240. The van der Waals surface area contributed by atoms with Crippen LogP contribution in [0.15, 0.2) is 155 Å². The molecule has 2 fully saturated rings. The first-order chi connectivity index (χ1) is 30.0. The molecule has 0 spiro atoms. The fourth-order valence-corrected chi connectivity index (χ4v) is 10.6. The lowest BCUT2D eigenvalue weighted by Gasteiger charge is -2.26. The van der Waals surface area contributed by atoms with Gasteiger partial charge in [0.15, 0.2) is 0 Å². The summed E-state index contributed by atoms with van der Waals surface area (Å²) >= 11 is 19.9. The van der Waals surface area contributed by atoms with Gasteiger partial charge >= 0.3 is 11.9 Å². The maximum Gasteiger partial charge on any atom is 0.327 e. The number of nitrogens with zero attached hydrogens (tertiary/aromatic N) is 2. The van der Waals surface area contributed by atoms with E-state index in [0.29, 0.717) is 36.2 Å². The zero-order valence-corrected chi connectivity index (χ0v) is 38.8. The lowest BCUT2D eigenvalue weighted by molar-refractivity contribution is -0.147. The molecule has 62 heavy (non-hydrogen) atoms. The number of hydrogen-bond acceptors (Lipinski definition) is 8. The average molecular weight is 1000 g/mol. The number of carbonyl (C=O) groups excluding carboxylic acids is 2. The maximum atomic E-state index is 12.8. The van der Waals surface area contributed by atoms with Gasteiger partial charge in [-0.05, 0) is 70.8 Å². The van der Waals surface area contributed by atoms with Gasteiger partial charge in [0.05, 0.1) is 14.2 Å². The zero-order valence-electron chi connectivity index (χ0n) is 34.1. The van der Waals surface area contributed by atoms with Gasteiger partial charge < -0.3 is 19.7 Å². The molecule has 8 rings (SSSR count). The molecule has 8 nitrogen and oxygen atoms in total. The van der Waals surface area contributed by atoms with E-state index in [1.807, 2.05) is 109 Å². The van der Waals surface area contributed by atoms with Crippen LogP contribution < -0.4 is 0 Å². The number of likely N-dealkylation sites (tertiary alicyclic amines) is 2. The number of rotatable bonds is 10. The molecule has 0 amide bonds. The van der Waals surface area contributed by atoms with Crippen LogP contribution in [0.3, 0.4) is 0 Å². The molecule has 12 heteroatoms. The molecular weight excluding hydrogens is 955 g/mol. The molecule has 6 aromatic carbocycles. The quantitative estimate of drug-likeness (QED) is 0.131. The Kier molecular flexibility index (Phi) is 15.1. The number of methoxy groups -OCH3 is 2. The molecule has 0 bridgehead atoms. The molecule has 2 aliphatic rings. The van der Waals surface area contributed by atoms with Crippen molar-refractivity contribution in [1.82, 2.24) is 9.80 Å². The first-order valence-electron chi connectivity index (χ1n) is 20.2. The fourth-order valence-electron chi connectivity index (χ4n) is 9.03. The van der Waals surface area contributed by atoms with Gasteiger partial charge in [-0.2, -0.15) is 0 Å². The van der Waals surface area contributed by atoms with Crippen LogP contribution in [0, 0.1) is 0 Å². The van der Waals surface area contributed by atoms with E-state index in [1.54, 1.807) is 24.3 Å². The Morgan fingerprint density at radius 1 is 0.516 bits per heavy atom. The number of esters is 2. The summed E-state index contributed by atoms with van der Waals surface area (Å²) in [5.41, 5.74) is 5.60. The Labute approximate surface area is 389 Å². The van der Waals surface area contributed by atoms with Gasteiger partial charge in [-0.1, -0.05) is 152 Å². The first kappa shape index (κ1) is 45.3. The van der Waals surface area contributed by atoms with Crippen LogP contribution in [0.2, 0.25) is 10.0 Å².